The van der Waals surface area contributed by atoms with Crippen molar-refractivity contribution in [1.82, 2.24) is 9.55 Å². The minimum absolute atomic E-state index is 0.199. The van der Waals surface area contributed by atoms with Crippen molar-refractivity contribution in [3.8, 4) is 17.2 Å². The summed E-state index contributed by atoms with van der Waals surface area (Å²) in [5.41, 5.74) is 2.62. The molecule has 0 bridgehead atoms. The largest absolute Gasteiger partial charge is 0.493 e. The summed E-state index contributed by atoms with van der Waals surface area (Å²) in [6.07, 6.45) is 2.82. The van der Waals surface area contributed by atoms with Gasteiger partial charge in [0, 0.05) is 6.54 Å². The zero-order chi connectivity index (χ0) is 19.0. The van der Waals surface area contributed by atoms with E-state index in [-0.39, 0.29) is 5.56 Å². The first kappa shape index (κ1) is 17.1. The molecule has 0 radical (unpaired) electrons. The summed E-state index contributed by atoms with van der Waals surface area (Å²) in [4.78, 5) is 16.7. The molecular formula is C21H20N2O4. The number of allylic oxidation sites excluding steroid dienone is 1. The van der Waals surface area contributed by atoms with Crippen LogP contribution in [-0.4, -0.2) is 30.9 Å². The van der Waals surface area contributed by atoms with Crippen molar-refractivity contribution in [1.29, 1.82) is 0 Å². The van der Waals surface area contributed by atoms with Gasteiger partial charge in [0.1, 0.15) is 5.82 Å². The average molecular weight is 364 g/mol. The van der Waals surface area contributed by atoms with Crippen LogP contribution in [0.1, 0.15) is 17.8 Å². The molecule has 0 amide bonds. The Kier molecular flexibility index (Phi) is 4.32. The Hall–Kier alpha value is -3.28. The van der Waals surface area contributed by atoms with Crippen molar-refractivity contribution in [3.63, 3.8) is 0 Å². The predicted molar refractivity (Wildman–Crippen MR) is 105 cm³/mol. The van der Waals surface area contributed by atoms with Gasteiger partial charge in [-0.3, -0.25) is 4.79 Å². The highest BCUT2D eigenvalue weighted by Crippen LogP contribution is 2.39. The fourth-order valence-electron chi connectivity index (χ4n) is 3.56. The molecule has 0 unspecified atom stereocenters. The van der Waals surface area contributed by atoms with Gasteiger partial charge in [0.25, 0.3) is 5.56 Å². The summed E-state index contributed by atoms with van der Waals surface area (Å²) < 4.78 is 18.3. The molecule has 0 aliphatic carbocycles. The zero-order valence-corrected chi connectivity index (χ0v) is 15.5. The van der Waals surface area contributed by atoms with Crippen LogP contribution in [0.15, 0.2) is 41.2 Å². The van der Waals surface area contributed by atoms with Gasteiger partial charge in [-0.2, -0.15) is 4.98 Å². The number of nitrogens with zero attached hydrogens (tertiary/aromatic N) is 2. The number of methoxy groups -OCH3 is 3. The highest BCUT2D eigenvalue weighted by atomic mass is 16.5. The number of benzene rings is 2. The molecule has 0 saturated carbocycles. The van der Waals surface area contributed by atoms with Crippen LogP contribution in [0, 0.1) is 0 Å². The molecular weight excluding hydrogens is 344 g/mol. The van der Waals surface area contributed by atoms with Crippen LogP contribution in [-0.2, 0) is 6.54 Å². The number of aromatic nitrogens is 2. The summed E-state index contributed by atoms with van der Waals surface area (Å²) in [6, 6.07) is 11.4. The quantitative estimate of drug-likeness (QED) is 0.710. The molecule has 4 rings (SSSR count). The maximum absolute atomic E-state index is 12.4. The second-order valence-corrected chi connectivity index (χ2v) is 6.29. The first-order valence-corrected chi connectivity index (χ1v) is 8.66. The van der Waals surface area contributed by atoms with Crippen molar-refractivity contribution < 1.29 is 14.2 Å². The summed E-state index contributed by atoms with van der Waals surface area (Å²) in [7, 11) is 4.76. The highest BCUT2D eigenvalue weighted by molar-refractivity contribution is 5.86. The maximum atomic E-state index is 12.4. The standard InChI is InChI=1S/C21H20N2O4/c1-25-17-11-13(12-18(26-2)19(17)27-3)10-14-8-9-23-16-7-5-4-6-15(16)21(24)22-20(14)23/h4-7,10-12H,8-9H2,1-3H3. The van der Waals surface area contributed by atoms with Gasteiger partial charge < -0.3 is 18.8 Å². The van der Waals surface area contributed by atoms with E-state index in [0.717, 1.165) is 29.6 Å². The lowest BCUT2D eigenvalue weighted by Gasteiger charge is -2.13. The highest BCUT2D eigenvalue weighted by Gasteiger charge is 2.21. The number of para-hydroxylation sites is 1. The van der Waals surface area contributed by atoms with E-state index in [2.05, 4.69) is 9.55 Å². The lowest BCUT2D eigenvalue weighted by atomic mass is 10.1. The minimum Gasteiger partial charge on any atom is -0.493 e. The lowest BCUT2D eigenvalue weighted by Crippen LogP contribution is -2.14. The van der Waals surface area contributed by atoms with Gasteiger partial charge in [-0.05, 0) is 47.9 Å². The molecule has 0 spiro atoms. The molecule has 3 aromatic rings. The number of hydrogen-bond acceptors (Lipinski definition) is 5. The number of hydrogen-bond donors (Lipinski definition) is 0. The van der Waals surface area contributed by atoms with E-state index in [4.69, 9.17) is 14.2 Å². The van der Waals surface area contributed by atoms with Crippen LogP contribution >= 0.6 is 0 Å². The average Bonchev–Trinajstić information content (AvgIpc) is 3.10. The third-order valence-corrected chi connectivity index (χ3v) is 4.81. The lowest BCUT2D eigenvalue weighted by molar-refractivity contribution is 0.324. The number of fused-ring (bicyclic) bond motifs is 3. The Morgan fingerprint density at radius 2 is 1.74 bits per heavy atom. The molecule has 0 N–H and O–H groups in total. The Labute approximate surface area is 156 Å². The van der Waals surface area contributed by atoms with Gasteiger partial charge in [-0.25, -0.2) is 0 Å². The number of ether oxygens (including phenoxy) is 3. The Morgan fingerprint density at radius 1 is 1.04 bits per heavy atom. The Balaban J connectivity index is 1.86. The molecule has 0 saturated heterocycles. The van der Waals surface area contributed by atoms with Crippen LogP contribution in [0.5, 0.6) is 17.2 Å². The minimum atomic E-state index is -0.199. The van der Waals surface area contributed by atoms with Crippen molar-refractivity contribution in [3.05, 3.63) is 58.1 Å². The van der Waals surface area contributed by atoms with Crippen LogP contribution in [0.25, 0.3) is 22.6 Å². The van der Waals surface area contributed by atoms with Gasteiger partial charge in [-0.1, -0.05) is 12.1 Å². The van der Waals surface area contributed by atoms with Gasteiger partial charge in [-0.15, -0.1) is 0 Å². The molecule has 27 heavy (non-hydrogen) atoms. The van der Waals surface area contributed by atoms with Gasteiger partial charge in [0.2, 0.25) is 5.75 Å². The van der Waals surface area contributed by atoms with Crippen LogP contribution < -0.4 is 19.8 Å². The van der Waals surface area contributed by atoms with Gasteiger partial charge >= 0.3 is 0 Å². The predicted octanol–water partition coefficient (Wildman–Crippen LogP) is 3.37. The van der Waals surface area contributed by atoms with Crippen LogP contribution in [0.2, 0.25) is 0 Å². The molecule has 0 atom stereocenters. The van der Waals surface area contributed by atoms with Crippen molar-refractivity contribution in [2.24, 2.45) is 0 Å². The molecule has 1 aromatic heterocycles. The molecule has 0 fully saturated rings. The smallest absolute Gasteiger partial charge is 0.281 e. The van der Waals surface area contributed by atoms with Crippen LogP contribution in [0.3, 0.4) is 0 Å². The second-order valence-electron chi connectivity index (χ2n) is 6.29. The summed E-state index contributed by atoms with van der Waals surface area (Å²) in [6.45, 7) is 0.791. The number of rotatable bonds is 4. The van der Waals surface area contributed by atoms with E-state index in [1.165, 1.54) is 0 Å². The van der Waals surface area contributed by atoms with E-state index in [9.17, 15) is 4.79 Å². The molecule has 2 aromatic carbocycles. The Bertz CT molecular complexity index is 1090. The van der Waals surface area contributed by atoms with Crippen molar-refractivity contribution in [2.75, 3.05) is 21.3 Å². The summed E-state index contributed by atoms with van der Waals surface area (Å²) in [5.74, 6) is 2.44. The normalized spacial score (nSPS) is 14.4. The molecule has 1 aliphatic rings. The third-order valence-electron chi connectivity index (χ3n) is 4.81. The fraction of sp³-hybridized carbons (Fsp3) is 0.238. The molecule has 1 aliphatic heterocycles. The van der Waals surface area contributed by atoms with Crippen molar-refractivity contribution >= 4 is 22.6 Å². The van der Waals surface area contributed by atoms with Crippen LogP contribution in [0.4, 0.5) is 0 Å². The van der Waals surface area contributed by atoms with E-state index in [1.54, 1.807) is 21.3 Å². The summed E-state index contributed by atoms with van der Waals surface area (Å²) >= 11 is 0. The maximum Gasteiger partial charge on any atom is 0.281 e. The second kappa shape index (κ2) is 6.79. The van der Waals surface area contributed by atoms with Gasteiger partial charge in [0.15, 0.2) is 11.5 Å². The number of aryl methyl sites for hydroxylation is 1. The zero-order valence-electron chi connectivity index (χ0n) is 15.5. The molecule has 138 valence electrons. The van der Waals surface area contributed by atoms with E-state index in [0.29, 0.717) is 28.5 Å². The first-order valence-electron chi connectivity index (χ1n) is 8.66. The fourth-order valence-corrected chi connectivity index (χ4v) is 3.56. The van der Waals surface area contributed by atoms with E-state index >= 15 is 0 Å². The van der Waals surface area contributed by atoms with Crippen molar-refractivity contribution in [2.45, 2.75) is 13.0 Å². The third kappa shape index (κ3) is 2.83. The van der Waals surface area contributed by atoms with E-state index in [1.807, 2.05) is 42.5 Å². The monoisotopic (exact) mass is 364 g/mol. The topological polar surface area (TPSA) is 62.6 Å². The first-order chi connectivity index (χ1) is 13.2. The SMILES string of the molecule is COc1cc(C=C2CCn3c2nc(=O)c2ccccc23)cc(OC)c1OC. The molecule has 6 heteroatoms. The molecule has 6 nitrogen and oxygen atoms in total. The summed E-state index contributed by atoms with van der Waals surface area (Å²) in [5, 5.41) is 0.648. The van der Waals surface area contributed by atoms with Gasteiger partial charge in [0.05, 0.1) is 32.2 Å². The molecule has 2 heterocycles. The Morgan fingerprint density at radius 3 is 2.41 bits per heavy atom. The van der Waals surface area contributed by atoms with E-state index < -0.39 is 0 Å².